The van der Waals surface area contributed by atoms with Crippen molar-refractivity contribution in [1.82, 2.24) is 10.6 Å². The van der Waals surface area contributed by atoms with Crippen LogP contribution in [0.4, 0.5) is 4.79 Å². The van der Waals surface area contributed by atoms with E-state index in [0.717, 1.165) is 5.56 Å². The summed E-state index contributed by atoms with van der Waals surface area (Å²) in [6, 6.07) is 11.2. The van der Waals surface area contributed by atoms with Gasteiger partial charge in [-0.15, -0.1) is 0 Å². The summed E-state index contributed by atoms with van der Waals surface area (Å²) in [5.41, 5.74) is 0.678. The van der Waals surface area contributed by atoms with E-state index in [4.69, 9.17) is 14.2 Å². The molecule has 3 amide bonds. The molecule has 0 unspecified atom stereocenters. The standard InChI is InChI=1S/C21H22N2O7/c1-13(19(25)23-21(27)22-11-14-7-5-4-6-8-14)30-20(26)17-15(12-24)9-10-16(28-2)18(17)29-3/h4-10,12-13H,11H2,1-3H3,(H2,22,23,25,27)/t13-/m1/s1. The van der Waals surface area contributed by atoms with Gasteiger partial charge in [0, 0.05) is 12.1 Å². The molecule has 158 valence electrons. The minimum atomic E-state index is -1.31. The van der Waals surface area contributed by atoms with Gasteiger partial charge >= 0.3 is 12.0 Å². The van der Waals surface area contributed by atoms with Gasteiger partial charge in [-0.25, -0.2) is 9.59 Å². The van der Waals surface area contributed by atoms with Gasteiger partial charge in [-0.05, 0) is 24.6 Å². The zero-order valence-electron chi connectivity index (χ0n) is 16.8. The van der Waals surface area contributed by atoms with Crippen molar-refractivity contribution in [2.45, 2.75) is 19.6 Å². The number of esters is 1. The van der Waals surface area contributed by atoms with Crippen LogP contribution in [0.25, 0.3) is 0 Å². The molecule has 2 rings (SSSR count). The third-order valence-electron chi connectivity index (χ3n) is 4.09. The van der Waals surface area contributed by atoms with Crippen molar-refractivity contribution < 1.29 is 33.4 Å². The molecule has 2 N–H and O–H groups in total. The molecule has 0 aliphatic carbocycles. The van der Waals surface area contributed by atoms with Crippen LogP contribution in [0, 0.1) is 0 Å². The zero-order chi connectivity index (χ0) is 22.1. The number of methoxy groups -OCH3 is 2. The van der Waals surface area contributed by atoms with E-state index in [2.05, 4.69) is 10.6 Å². The molecule has 9 heteroatoms. The lowest BCUT2D eigenvalue weighted by atomic mass is 10.1. The van der Waals surface area contributed by atoms with Gasteiger partial charge in [0.2, 0.25) is 0 Å². The Balaban J connectivity index is 2.02. The van der Waals surface area contributed by atoms with E-state index in [1.807, 2.05) is 30.3 Å². The Hall–Kier alpha value is -3.88. The molecule has 0 saturated heterocycles. The van der Waals surface area contributed by atoms with Crippen LogP contribution in [0.2, 0.25) is 0 Å². The first-order chi connectivity index (χ1) is 14.4. The summed E-state index contributed by atoms with van der Waals surface area (Å²) in [5.74, 6) is -1.59. The van der Waals surface area contributed by atoms with Crippen LogP contribution in [0.3, 0.4) is 0 Å². The molecule has 1 atom stereocenters. The Kier molecular flexibility index (Phi) is 7.92. The number of benzene rings is 2. The van der Waals surface area contributed by atoms with Crippen molar-refractivity contribution >= 4 is 24.2 Å². The van der Waals surface area contributed by atoms with Gasteiger partial charge < -0.3 is 19.5 Å². The van der Waals surface area contributed by atoms with E-state index < -0.39 is 24.0 Å². The van der Waals surface area contributed by atoms with Gasteiger partial charge in [0.1, 0.15) is 5.56 Å². The molecule has 2 aromatic rings. The number of amides is 3. The van der Waals surface area contributed by atoms with Crippen LogP contribution in [0.5, 0.6) is 11.5 Å². The van der Waals surface area contributed by atoms with E-state index in [0.29, 0.717) is 6.29 Å². The number of imide groups is 1. The number of nitrogens with one attached hydrogen (secondary N) is 2. The van der Waals surface area contributed by atoms with Gasteiger partial charge in [0.15, 0.2) is 23.9 Å². The van der Waals surface area contributed by atoms with Gasteiger partial charge in [-0.2, -0.15) is 0 Å². The Bertz CT molecular complexity index is 928. The molecule has 0 aromatic heterocycles. The van der Waals surface area contributed by atoms with Crippen LogP contribution >= 0.6 is 0 Å². The van der Waals surface area contributed by atoms with Crippen molar-refractivity contribution in [3.63, 3.8) is 0 Å². The Labute approximate surface area is 173 Å². The maximum atomic E-state index is 12.6. The number of hydrogen-bond donors (Lipinski definition) is 2. The van der Waals surface area contributed by atoms with Crippen LogP contribution in [-0.2, 0) is 16.1 Å². The number of ether oxygens (including phenoxy) is 3. The first kappa shape index (κ1) is 22.4. The van der Waals surface area contributed by atoms with Crippen LogP contribution in [-0.4, -0.2) is 44.5 Å². The molecule has 0 heterocycles. The summed E-state index contributed by atoms with van der Waals surface area (Å²) in [7, 11) is 2.67. The van der Waals surface area contributed by atoms with Gasteiger partial charge in [-0.3, -0.25) is 14.9 Å². The van der Waals surface area contributed by atoms with Crippen molar-refractivity contribution in [1.29, 1.82) is 0 Å². The topological polar surface area (TPSA) is 120 Å². The van der Waals surface area contributed by atoms with Crippen LogP contribution in [0.1, 0.15) is 33.2 Å². The van der Waals surface area contributed by atoms with E-state index in [9.17, 15) is 19.2 Å². The summed E-state index contributed by atoms with van der Waals surface area (Å²) in [4.78, 5) is 48.0. The molecule has 9 nitrogen and oxygen atoms in total. The van der Waals surface area contributed by atoms with Gasteiger partial charge in [0.05, 0.1) is 14.2 Å². The Morgan fingerprint density at radius 1 is 1.03 bits per heavy atom. The van der Waals surface area contributed by atoms with E-state index in [-0.39, 0.29) is 29.2 Å². The summed E-state index contributed by atoms with van der Waals surface area (Å²) in [6.45, 7) is 1.52. The fraction of sp³-hybridized carbons (Fsp3) is 0.238. The van der Waals surface area contributed by atoms with Crippen LogP contribution < -0.4 is 20.1 Å². The second-order valence-electron chi connectivity index (χ2n) is 6.09. The van der Waals surface area contributed by atoms with Crippen molar-refractivity contribution in [3.8, 4) is 11.5 Å². The van der Waals surface area contributed by atoms with Crippen molar-refractivity contribution in [3.05, 3.63) is 59.2 Å². The first-order valence-electron chi connectivity index (χ1n) is 8.95. The average molecular weight is 414 g/mol. The smallest absolute Gasteiger partial charge is 0.343 e. The minimum absolute atomic E-state index is 0.000289. The quantitative estimate of drug-likeness (QED) is 0.501. The highest BCUT2D eigenvalue weighted by atomic mass is 16.6. The lowest BCUT2D eigenvalue weighted by Crippen LogP contribution is -2.44. The third kappa shape index (κ3) is 5.57. The molecule has 2 aromatic carbocycles. The summed E-state index contributed by atoms with van der Waals surface area (Å²) in [5, 5.41) is 4.62. The molecule has 0 bridgehead atoms. The molecule has 0 radical (unpaired) electrons. The second kappa shape index (κ2) is 10.6. The number of hydrogen-bond acceptors (Lipinski definition) is 7. The van der Waals surface area contributed by atoms with E-state index in [1.165, 1.54) is 33.3 Å². The fourth-order valence-corrected chi connectivity index (χ4v) is 2.56. The maximum absolute atomic E-state index is 12.6. The normalized spacial score (nSPS) is 11.0. The summed E-state index contributed by atoms with van der Waals surface area (Å²) in [6.07, 6.45) is -0.851. The highest BCUT2D eigenvalue weighted by Crippen LogP contribution is 2.33. The number of aldehydes is 1. The first-order valence-corrected chi connectivity index (χ1v) is 8.95. The van der Waals surface area contributed by atoms with Crippen molar-refractivity contribution in [2.75, 3.05) is 14.2 Å². The predicted octanol–water partition coefficient (Wildman–Crippen LogP) is 2.09. The number of carbonyl (C=O) groups is 4. The maximum Gasteiger partial charge on any atom is 0.343 e. The fourth-order valence-electron chi connectivity index (χ4n) is 2.56. The number of urea groups is 1. The van der Waals surface area contributed by atoms with E-state index >= 15 is 0 Å². The van der Waals surface area contributed by atoms with Crippen molar-refractivity contribution in [2.24, 2.45) is 0 Å². The zero-order valence-corrected chi connectivity index (χ0v) is 16.8. The molecule has 30 heavy (non-hydrogen) atoms. The molecule has 0 aliphatic heterocycles. The average Bonchev–Trinajstić information content (AvgIpc) is 2.76. The Morgan fingerprint density at radius 2 is 1.73 bits per heavy atom. The second-order valence-corrected chi connectivity index (χ2v) is 6.09. The lowest BCUT2D eigenvalue weighted by molar-refractivity contribution is -0.127. The molecule has 0 fully saturated rings. The van der Waals surface area contributed by atoms with Crippen LogP contribution in [0.15, 0.2) is 42.5 Å². The van der Waals surface area contributed by atoms with Gasteiger partial charge in [-0.1, -0.05) is 30.3 Å². The summed E-state index contributed by atoms with van der Waals surface area (Å²) < 4.78 is 15.4. The van der Waals surface area contributed by atoms with Gasteiger partial charge in [0.25, 0.3) is 5.91 Å². The Morgan fingerprint density at radius 3 is 2.33 bits per heavy atom. The highest BCUT2D eigenvalue weighted by Gasteiger charge is 2.27. The number of carbonyl (C=O) groups excluding carboxylic acids is 4. The molecular formula is C21H22N2O7. The number of rotatable bonds is 8. The minimum Gasteiger partial charge on any atom is -0.493 e. The predicted molar refractivity (Wildman–Crippen MR) is 107 cm³/mol. The third-order valence-corrected chi connectivity index (χ3v) is 4.09. The molecular weight excluding hydrogens is 392 g/mol. The molecule has 0 spiro atoms. The molecule has 0 saturated carbocycles. The largest absolute Gasteiger partial charge is 0.493 e. The van der Waals surface area contributed by atoms with E-state index in [1.54, 1.807) is 0 Å². The highest BCUT2D eigenvalue weighted by molar-refractivity contribution is 6.03. The SMILES string of the molecule is COc1ccc(C=O)c(C(=O)O[C@H](C)C(=O)NC(=O)NCc2ccccc2)c1OC. The summed E-state index contributed by atoms with van der Waals surface area (Å²) >= 11 is 0. The lowest BCUT2D eigenvalue weighted by Gasteiger charge is -2.17. The molecule has 0 aliphatic rings. The monoisotopic (exact) mass is 414 g/mol.